The van der Waals surface area contributed by atoms with Gasteiger partial charge in [0.05, 0.1) is 33.4 Å². The molecule has 0 spiro atoms. The van der Waals surface area contributed by atoms with Gasteiger partial charge >= 0.3 is 0 Å². The van der Waals surface area contributed by atoms with Crippen LogP contribution in [0.15, 0.2) is 97.6 Å². The molecule has 160 valence electrons. The van der Waals surface area contributed by atoms with Crippen LogP contribution < -0.4 is 10.1 Å². The van der Waals surface area contributed by atoms with E-state index in [4.69, 9.17) is 4.74 Å². The van der Waals surface area contributed by atoms with Crippen LogP contribution in [0.3, 0.4) is 0 Å². The highest BCUT2D eigenvalue weighted by atomic mass is 16.5. The van der Waals surface area contributed by atoms with Crippen molar-refractivity contribution in [2.45, 2.75) is 0 Å². The van der Waals surface area contributed by atoms with E-state index in [9.17, 15) is 0 Å². The Labute approximate surface area is 195 Å². The average molecular weight is 439 g/mol. The lowest BCUT2D eigenvalue weighted by molar-refractivity contribution is 0.481. The summed E-state index contributed by atoms with van der Waals surface area (Å²) in [4.78, 5) is 17.6. The van der Waals surface area contributed by atoms with E-state index in [1.165, 1.54) is 0 Å². The van der Waals surface area contributed by atoms with Gasteiger partial charge in [0.1, 0.15) is 0 Å². The van der Waals surface area contributed by atoms with Gasteiger partial charge in [0.25, 0.3) is 0 Å². The number of nitrogens with zero attached hydrogens (tertiary/aromatic N) is 4. The molecule has 6 aromatic rings. The van der Waals surface area contributed by atoms with E-state index in [-0.39, 0.29) is 0 Å². The first-order valence-corrected chi connectivity index (χ1v) is 11.0. The van der Waals surface area contributed by atoms with Crippen molar-refractivity contribution in [2.24, 2.45) is 0 Å². The third kappa shape index (κ3) is 3.12. The number of hydrogen-bond acceptors (Lipinski definition) is 6. The Hall–Kier alpha value is -4.84. The van der Waals surface area contributed by atoms with E-state index in [1.54, 1.807) is 24.8 Å². The first kappa shape index (κ1) is 18.7. The molecular formula is C28H17N5O. The van der Waals surface area contributed by atoms with Crippen molar-refractivity contribution in [2.75, 3.05) is 5.32 Å². The predicted octanol–water partition coefficient (Wildman–Crippen LogP) is 6.76. The second-order valence-corrected chi connectivity index (χ2v) is 8.17. The summed E-state index contributed by atoms with van der Waals surface area (Å²) in [5, 5.41) is 3.49. The Balaban J connectivity index is 1.24. The zero-order chi connectivity index (χ0) is 22.5. The van der Waals surface area contributed by atoms with Crippen molar-refractivity contribution in [1.82, 2.24) is 19.9 Å². The standard InChI is InChI=1S/C28H17N5O/c1-5-21-25(31-11-9-29-21)13-17(1)19-3-7-23-27(15-19)34-28-16-20(4-8-24(28)33-23)18-2-6-22-26(14-18)32-12-10-30-22/h1-16,33H. The Morgan fingerprint density at radius 1 is 0.441 bits per heavy atom. The number of nitrogens with one attached hydrogen (secondary N) is 1. The van der Waals surface area contributed by atoms with E-state index < -0.39 is 0 Å². The minimum absolute atomic E-state index is 0.783. The lowest BCUT2D eigenvalue weighted by Crippen LogP contribution is -2.03. The van der Waals surface area contributed by atoms with Gasteiger partial charge in [-0.1, -0.05) is 24.3 Å². The number of hydrogen-bond donors (Lipinski definition) is 1. The SMILES string of the molecule is c1cnc2cc(-c3ccc4c(c3)Oc3cc(-c5ccc6nccnc6c5)ccc3N4)ccc2n1. The molecule has 0 bridgehead atoms. The molecule has 4 aromatic carbocycles. The fourth-order valence-electron chi connectivity index (χ4n) is 4.33. The highest BCUT2D eigenvalue weighted by molar-refractivity contribution is 5.86. The molecule has 0 atom stereocenters. The van der Waals surface area contributed by atoms with Gasteiger partial charge in [0, 0.05) is 24.8 Å². The Morgan fingerprint density at radius 2 is 0.853 bits per heavy atom. The topological polar surface area (TPSA) is 72.8 Å². The monoisotopic (exact) mass is 439 g/mol. The maximum absolute atomic E-state index is 6.36. The molecule has 0 amide bonds. The highest BCUT2D eigenvalue weighted by Gasteiger charge is 2.18. The molecule has 0 unspecified atom stereocenters. The van der Waals surface area contributed by atoms with Crippen LogP contribution in [0.1, 0.15) is 0 Å². The molecule has 1 N–H and O–H groups in total. The minimum Gasteiger partial charge on any atom is -0.453 e. The van der Waals surface area contributed by atoms with Crippen LogP contribution >= 0.6 is 0 Å². The Kier molecular flexibility index (Phi) is 4.04. The van der Waals surface area contributed by atoms with E-state index in [0.29, 0.717) is 0 Å². The summed E-state index contributed by atoms with van der Waals surface area (Å²) in [5.41, 5.74) is 9.61. The van der Waals surface area contributed by atoms with E-state index in [1.807, 2.05) is 24.3 Å². The molecule has 7 rings (SSSR count). The van der Waals surface area contributed by atoms with Crippen LogP contribution in [-0.4, -0.2) is 19.9 Å². The number of fused-ring (bicyclic) bond motifs is 4. The highest BCUT2D eigenvalue weighted by Crippen LogP contribution is 2.45. The summed E-state index contributed by atoms with van der Waals surface area (Å²) in [6.07, 6.45) is 6.83. The molecule has 34 heavy (non-hydrogen) atoms. The first-order valence-electron chi connectivity index (χ1n) is 11.0. The van der Waals surface area contributed by atoms with Crippen molar-refractivity contribution < 1.29 is 4.74 Å². The summed E-state index contributed by atoms with van der Waals surface area (Å²) in [6, 6.07) is 24.6. The largest absolute Gasteiger partial charge is 0.453 e. The van der Waals surface area contributed by atoms with Crippen LogP contribution in [-0.2, 0) is 0 Å². The van der Waals surface area contributed by atoms with Gasteiger partial charge in [-0.15, -0.1) is 0 Å². The minimum atomic E-state index is 0.783. The van der Waals surface area contributed by atoms with Crippen molar-refractivity contribution in [3.05, 3.63) is 97.6 Å². The van der Waals surface area contributed by atoms with Gasteiger partial charge < -0.3 is 10.1 Å². The van der Waals surface area contributed by atoms with Crippen LogP contribution in [0.4, 0.5) is 11.4 Å². The van der Waals surface area contributed by atoms with Crippen LogP contribution in [0.5, 0.6) is 11.5 Å². The summed E-state index contributed by atoms with van der Waals surface area (Å²) >= 11 is 0. The van der Waals surface area contributed by atoms with Gasteiger partial charge in [-0.2, -0.15) is 0 Å². The molecule has 2 aromatic heterocycles. The average Bonchev–Trinajstić information content (AvgIpc) is 2.90. The molecule has 6 nitrogen and oxygen atoms in total. The Morgan fingerprint density at radius 3 is 1.35 bits per heavy atom. The van der Waals surface area contributed by atoms with Crippen LogP contribution in [0, 0.1) is 0 Å². The fraction of sp³-hybridized carbons (Fsp3) is 0. The first-order chi connectivity index (χ1) is 16.8. The summed E-state index contributed by atoms with van der Waals surface area (Å²) < 4.78 is 6.36. The smallest absolute Gasteiger partial charge is 0.151 e. The fourth-order valence-corrected chi connectivity index (χ4v) is 4.33. The van der Waals surface area contributed by atoms with E-state index in [0.717, 1.165) is 67.2 Å². The molecule has 6 heteroatoms. The normalized spacial score (nSPS) is 12.0. The molecular weight excluding hydrogens is 422 g/mol. The summed E-state index contributed by atoms with van der Waals surface area (Å²) in [5.74, 6) is 1.57. The second kappa shape index (κ2) is 7.35. The van der Waals surface area contributed by atoms with Crippen molar-refractivity contribution in [3.63, 3.8) is 0 Å². The molecule has 1 aliphatic heterocycles. The molecule has 0 aliphatic carbocycles. The summed E-state index contributed by atoms with van der Waals surface area (Å²) in [6.45, 7) is 0. The molecule has 0 radical (unpaired) electrons. The number of aromatic nitrogens is 4. The maximum Gasteiger partial charge on any atom is 0.151 e. The zero-order valence-corrected chi connectivity index (χ0v) is 17.9. The second-order valence-electron chi connectivity index (χ2n) is 8.17. The number of benzene rings is 4. The molecule has 0 saturated carbocycles. The number of anilines is 2. The summed E-state index contributed by atoms with van der Waals surface area (Å²) in [7, 11) is 0. The zero-order valence-electron chi connectivity index (χ0n) is 17.9. The predicted molar refractivity (Wildman–Crippen MR) is 133 cm³/mol. The Bertz CT molecular complexity index is 1600. The van der Waals surface area contributed by atoms with Crippen LogP contribution in [0.2, 0.25) is 0 Å². The van der Waals surface area contributed by atoms with Crippen molar-refractivity contribution >= 4 is 33.4 Å². The molecule has 0 saturated heterocycles. The number of rotatable bonds is 2. The van der Waals surface area contributed by atoms with E-state index >= 15 is 0 Å². The lowest BCUT2D eigenvalue weighted by atomic mass is 10.0. The third-order valence-corrected chi connectivity index (χ3v) is 6.06. The maximum atomic E-state index is 6.36. The van der Waals surface area contributed by atoms with Gasteiger partial charge in [-0.05, 0) is 70.8 Å². The quantitative estimate of drug-likeness (QED) is 0.321. The van der Waals surface area contributed by atoms with Gasteiger partial charge in [-0.3, -0.25) is 19.9 Å². The third-order valence-electron chi connectivity index (χ3n) is 6.06. The van der Waals surface area contributed by atoms with Gasteiger partial charge in [-0.25, -0.2) is 0 Å². The molecule has 1 aliphatic rings. The van der Waals surface area contributed by atoms with Crippen molar-refractivity contribution in [3.8, 4) is 33.8 Å². The number of ether oxygens (including phenoxy) is 1. The lowest BCUT2D eigenvalue weighted by Gasteiger charge is -2.23. The van der Waals surface area contributed by atoms with Crippen LogP contribution in [0.25, 0.3) is 44.3 Å². The molecule has 0 fully saturated rings. The van der Waals surface area contributed by atoms with Crippen molar-refractivity contribution in [1.29, 1.82) is 0 Å². The van der Waals surface area contributed by atoms with Gasteiger partial charge in [0.15, 0.2) is 11.5 Å². The van der Waals surface area contributed by atoms with E-state index in [2.05, 4.69) is 73.8 Å². The van der Waals surface area contributed by atoms with Gasteiger partial charge in [0.2, 0.25) is 0 Å². The molecule has 3 heterocycles.